The molecule has 11 heteroatoms. The van der Waals surface area contributed by atoms with E-state index in [1.54, 1.807) is 22.2 Å². The fourth-order valence-corrected chi connectivity index (χ4v) is 1.75. The summed E-state index contributed by atoms with van der Waals surface area (Å²) in [6.45, 7) is 3.70. The quantitative estimate of drug-likeness (QED) is 0.212. The number of rotatable bonds is 4. The Hall–Kier alpha value is -2.46. The Morgan fingerprint density at radius 3 is 1.29 bits per heavy atom. The van der Waals surface area contributed by atoms with Crippen LogP contribution < -0.4 is 0 Å². The maximum Gasteiger partial charge on any atom is 2.00 e. The molecule has 0 radical (unpaired) electrons. The minimum absolute atomic E-state index is 0. The Bertz CT molecular complexity index is 822. The summed E-state index contributed by atoms with van der Waals surface area (Å²) >= 11 is 9.96. The van der Waals surface area contributed by atoms with Gasteiger partial charge in [0.1, 0.15) is 0 Å². The standard InChI is InChI=1S/2C10H14N4S.Fe/c2*1-8(9-6-4-5-7-11-9)12-13-10(15)14(2)3;/h2*4-7H,1-3H3,(H,13,15);/q;;+2/p-2/b2*12-8+;. The molecule has 0 saturated heterocycles. The Kier molecular flexibility index (Phi) is 14.1. The molecule has 8 nitrogen and oxygen atoms in total. The van der Waals surface area contributed by atoms with E-state index in [4.69, 9.17) is 25.3 Å². The first-order valence-electron chi connectivity index (χ1n) is 8.98. The summed E-state index contributed by atoms with van der Waals surface area (Å²) in [6.07, 6.45) is 3.44. The minimum Gasteiger partial charge on any atom is -0.741 e. The third-order valence-electron chi connectivity index (χ3n) is 3.41. The van der Waals surface area contributed by atoms with Gasteiger partial charge in [0.25, 0.3) is 0 Å². The number of amidine groups is 2. The molecule has 31 heavy (non-hydrogen) atoms. The van der Waals surface area contributed by atoms with Crippen molar-refractivity contribution in [1.29, 1.82) is 0 Å². The first-order valence-corrected chi connectivity index (χ1v) is 9.80. The maximum absolute atomic E-state index is 4.98. The number of aromatic nitrogens is 2. The van der Waals surface area contributed by atoms with Crippen LogP contribution in [0.15, 0.2) is 69.2 Å². The summed E-state index contributed by atoms with van der Waals surface area (Å²) in [6, 6.07) is 11.3. The van der Waals surface area contributed by atoms with Gasteiger partial charge in [-0.2, -0.15) is 20.4 Å². The van der Waals surface area contributed by atoms with E-state index in [0.29, 0.717) is 10.3 Å². The fourth-order valence-electron chi connectivity index (χ4n) is 1.67. The van der Waals surface area contributed by atoms with Crippen LogP contribution in [-0.2, 0) is 42.3 Å². The first-order chi connectivity index (χ1) is 14.2. The van der Waals surface area contributed by atoms with Gasteiger partial charge in [-0.05, 0) is 38.1 Å². The summed E-state index contributed by atoms with van der Waals surface area (Å²) in [5.74, 6) is 0. The average Bonchev–Trinajstić information content (AvgIpc) is 2.76. The van der Waals surface area contributed by atoms with Crippen molar-refractivity contribution in [1.82, 2.24) is 19.8 Å². The molecule has 2 aromatic heterocycles. The monoisotopic (exact) mass is 498 g/mol. The van der Waals surface area contributed by atoms with Gasteiger partial charge in [0.15, 0.2) is 0 Å². The van der Waals surface area contributed by atoms with Gasteiger partial charge >= 0.3 is 17.1 Å². The van der Waals surface area contributed by atoms with Crippen molar-refractivity contribution in [2.75, 3.05) is 28.2 Å². The van der Waals surface area contributed by atoms with Crippen molar-refractivity contribution < 1.29 is 17.1 Å². The Labute approximate surface area is 206 Å². The van der Waals surface area contributed by atoms with E-state index in [2.05, 4.69) is 30.4 Å². The number of hydrogen-bond donors (Lipinski definition) is 0. The van der Waals surface area contributed by atoms with E-state index in [9.17, 15) is 0 Å². The zero-order valence-electron chi connectivity index (χ0n) is 18.4. The molecule has 0 saturated carbocycles. The van der Waals surface area contributed by atoms with Gasteiger partial charge in [-0.3, -0.25) is 9.97 Å². The molecule has 0 aliphatic heterocycles. The van der Waals surface area contributed by atoms with Crippen LogP contribution in [0.3, 0.4) is 0 Å². The van der Waals surface area contributed by atoms with Crippen molar-refractivity contribution in [3.05, 3.63) is 60.2 Å². The molecule has 0 unspecified atom stereocenters. The van der Waals surface area contributed by atoms with Gasteiger partial charge in [0.2, 0.25) is 0 Å². The van der Waals surface area contributed by atoms with Crippen LogP contribution in [0, 0.1) is 0 Å². The number of pyridine rings is 2. The predicted octanol–water partition coefficient (Wildman–Crippen LogP) is 2.54. The van der Waals surface area contributed by atoms with Crippen LogP contribution in [-0.4, -0.2) is 69.7 Å². The number of nitrogens with zero attached hydrogens (tertiary/aromatic N) is 8. The Morgan fingerprint density at radius 1 is 0.677 bits per heavy atom. The van der Waals surface area contributed by atoms with Crippen LogP contribution in [0.5, 0.6) is 0 Å². The summed E-state index contributed by atoms with van der Waals surface area (Å²) < 4.78 is 0. The SMILES string of the molecule is C/C(=N\N=C(/[S-])N(C)C)c1ccccn1.C/C(=N\N=C(/[S-])N(C)C)c1ccccn1.[Fe+2]. The molecule has 0 spiro atoms. The molecule has 0 aliphatic carbocycles. The Morgan fingerprint density at radius 2 is 1.03 bits per heavy atom. The predicted molar refractivity (Wildman–Crippen MR) is 130 cm³/mol. The molecule has 166 valence electrons. The van der Waals surface area contributed by atoms with E-state index in [1.807, 2.05) is 78.4 Å². The largest absolute Gasteiger partial charge is 2.00 e. The van der Waals surface area contributed by atoms with Crippen LogP contribution >= 0.6 is 0 Å². The minimum atomic E-state index is 0. The fraction of sp³-hybridized carbons (Fsp3) is 0.300. The second kappa shape index (κ2) is 15.4. The Balaban J connectivity index is 0.000000562. The maximum atomic E-state index is 4.98. The van der Waals surface area contributed by atoms with Crippen LogP contribution in [0.4, 0.5) is 0 Å². The molecule has 2 aromatic rings. The molecule has 0 aliphatic rings. The van der Waals surface area contributed by atoms with E-state index in [0.717, 1.165) is 22.8 Å². The zero-order chi connectivity index (χ0) is 22.5. The molecular formula is C20H26FeN8S2. The van der Waals surface area contributed by atoms with E-state index < -0.39 is 0 Å². The third-order valence-corrected chi connectivity index (χ3v) is 4.30. The molecule has 0 fully saturated rings. The molecular weight excluding hydrogens is 472 g/mol. The van der Waals surface area contributed by atoms with E-state index >= 15 is 0 Å². The van der Waals surface area contributed by atoms with Crippen LogP contribution in [0.25, 0.3) is 0 Å². The van der Waals surface area contributed by atoms with Gasteiger partial charge in [-0.25, -0.2) is 0 Å². The van der Waals surface area contributed by atoms with Gasteiger partial charge in [0.05, 0.1) is 22.8 Å². The van der Waals surface area contributed by atoms with Crippen LogP contribution in [0.2, 0.25) is 0 Å². The van der Waals surface area contributed by atoms with Crippen molar-refractivity contribution in [3.63, 3.8) is 0 Å². The normalized spacial score (nSPS) is 12.3. The van der Waals surface area contributed by atoms with Crippen molar-refractivity contribution in [3.8, 4) is 0 Å². The summed E-state index contributed by atoms with van der Waals surface area (Å²) in [4.78, 5) is 11.8. The summed E-state index contributed by atoms with van der Waals surface area (Å²) in [7, 11) is 7.32. The van der Waals surface area contributed by atoms with E-state index in [-0.39, 0.29) is 17.1 Å². The molecule has 0 N–H and O–H groups in total. The third kappa shape index (κ3) is 11.5. The zero-order valence-corrected chi connectivity index (χ0v) is 21.1. The number of hydrogen-bond acceptors (Lipinski definition) is 8. The van der Waals surface area contributed by atoms with Crippen molar-refractivity contribution in [2.24, 2.45) is 20.4 Å². The topological polar surface area (TPSA) is 81.7 Å². The summed E-state index contributed by atoms with van der Waals surface area (Å²) in [5.41, 5.74) is 3.12. The van der Waals surface area contributed by atoms with Gasteiger partial charge in [-0.15, -0.1) is 0 Å². The second-order valence-electron chi connectivity index (χ2n) is 6.35. The van der Waals surface area contributed by atoms with Crippen LogP contribution in [0.1, 0.15) is 25.2 Å². The molecule has 2 rings (SSSR count). The second-order valence-corrected chi connectivity index (χ2v) is 7.09. The van der Waals surface area contributed by atoms with Gasteiger partial charge in [0, 0.05) is 50.9 Å². The average molecular weight is 498 g/mol. The molecule has 0 atom stereocenters. The van der Waals surface area contributed by atoms with Gasteiger partial charge in [-0.1, -0.05) is 12.1 Å². The molecule has 0 aromatic carbocycles. The van der Waals surface area contributed by atoms with Crippen molar-refractivity contribution >= 4 is 47.0 Å². The first kappa shape index (κ1) is 28.5. The van der Waals surface area contributed by atoms with Gasteiger partial charge < -0.3 is 35.1 Å². The molecule has 2 heterocycles. The molecule has 0 amide bonds. The van der Waals surface area contributed by atoms with Crippen molar-refractivity contribution in [2.45, 2.75) is 13.8 Å². The summed E-state index contributed by atoms with van der Waals surface area (Å²) in [5, 5.41) is 16.7. The molecule has 0 bridgehead atoms. The van der Waals surface area contributed by atoms with E-state index in [1.165, 1.54) is 0 Å². The smallest absolute Gasteiger partial charge is 0.741 e.